The summed E-state index contributed by atoms with van der Waals surface area (Å²) in [6.45, 7) is 3.23. The number of fused-ring (bicyclic) bond motifs is 2. The highest BCUT2D eigenvalue weighted by molar-refractivity contribution is 7.22. The Morgan fingerprint density at radius 1 is 1.27 bits per heavy atom. The minimum absolute atomic E-state index is 0. The molecule has 6 nitrogen and oxygen atoms in total. The summed E-state index contributed by atoms with van der Waals surface area (Å²) in [5.41, 5.74) is 0.829. The van der Waals surface area contributed by atoms with E-state index in [0.717, 1.165) is 22.5 Å². The number of thiazole rings is 1. The SMILES string of the molecule is CC(=O)N(CCN(C)C)c1nc2cc3c(cc2s1)OCO3.Cl. The molecule has 0 saturated carbocycles. The van der Waals surface area contributed by atoms with E-state index in [1.54, 1.807) is 11.8 Å². The fraction of sp³-hybridized carbons (Fsp3) is 0.429. The predicted molar refractivity (Wildman–Crippen MR) is 89.6 cm³/mol. The van der Waals surface area contributed by atoms with Gasteiger partial charge in [-0.15, -0.1) is 12.4 Å². The average molecular weight is 344 g/mol. The number of likely N-dealkylation sites (N-methyl/N-ethyl adjacent to an activating group) is 1. The van der Waals surface area contributed by atoms with Gasteiger partial charge in [0.25, 0.3) is 0 Å². The highest BCUT2D eigenvalue weighted by Gasteiger charge is 2.20. The van der Waals surface area contributed by atoms with Crippen LogP contribution in [-0.4, -0.2) is 49.8 Å². The molecule has 3 rings (SSSR count). The first kappa shape index (κ1) is 16.8. The molecule has 1 aromatic carbocycles. The summed E-state index contributed by atoms with van der Waals surface area (Å²) in [6, 6.07) is 3.78. The molecule has 120 valence electrons. The van der Waals surface area contributed by atoms with Crippen molar-refractivity contribution in [2.75, 3.05) is 38.9 Å². The largest absolute Gasteiger partial charge is 0.454 e. The molecule has 0 saturated heterocycles. The number of halogens is 1. The Kier molecular flexibility index (Phi) is 5.10. The molecular formula is C14H18ClN3O3S. The lowest BCUT2D eigenvalue weighted by Gasteiger charge is -2.20. The van der Waals surface area contributed by atoms with Crippen LogP contribution in [0.3, 0.4) is 0 Å². The Hall–Kier alpha value is -1.57. The van der Waals surface area contributed by atoms with E-state index in [9.17, 15) is 4.79 Å². The van der Waals surface area contributed by atoms with Crippen LogP contribution in [0.5, 0.6) is 11.5 Å². The molecule has 22 heavy (non-hydrogen) atoms. The minimum Gasteiger partial charge on any atom is -0.454 e. The van der Waals surface area contributed by atoms with Gasteiger partial charge in [0, 0.05) is 32.1 Å². The van der Waals surface area contributed by atoms with Crippen molar-refractivity contribution in [1.29, 1.82) is 0 Å². The number of carbonyl (C=O) groups excluding carboxylic acids is 1. The number of nitrogens with zero attached hydrogens (tertiary/aromatic N) is 3. The van der Waals surface area contributed by atoms with Crippen molar-refractivity contribution in [2.24, 2.45) is 0 Å². The van der Waals surface area contributed by atoms with Crippen molar-refractivity contribution in [3.8, 4) is 11.5 Å². The van der Waals surface area contributed by atoms with Crippen molar-refractivity contribution in [2.45, 2.75) is 6.92 Å². The Balaban J connectivity index is 0.00000176. The van der Waals surface area contributed by atoms with E-state index in [-0.39, 0.29) is 25.1 Å². The summed E-state index contributed by atoms with van der Waals surface area (Å²) in [7, 11) is 3.96. The lowest BCUT2D eigenvalue weighted by atomic mass is 10.3. The molecule has 8 heteroatoms. The molecule has 0 unspecified atom stereocenters. The second-order valence-electron chi connectivity index (χ2n) is 5.14. The summed E-state index contributed by atoms with van der Waals surface area (Å²) >= 11 is 1.49. The quantitative estimate of drug-likeness (QED) is 0.853. The van der Waals surface area contributed by atoms with Gasteiger partial charge in [-0.2, -0.15) is 0 Å². The summed E-state index contributed by atoms with van der Waals surface area (Å²) in [6.07, 6.45) is 0. The molecule has 0 fully saturated rings. The molecule has 2 heterocycles. The van der Waals surface area contributed by atoms with E-state index >= 15 is 0 Å². The third kappa shape index (κ3) is 3.26. The number of benzene rings is 1. The third-order valence-corrected chi connectivity index (χ3v) is 4.29. The van der Waals surface area contributed by atoms with Crippen molar-refractivity contribution in [3.05, 3.63) is 12.1 Å². The zero-order valence-electron chi connectivity index (χ0n) is 12.7. The van der Waals surface area contributed by atoms with Crippen LogP contribution < -0.4 is 14.4 Å². The molecule has 1 amide bonds. The fourth-order valence-electron chi connectivity index (χ4n) is 2.11. The Labute approximate surface area is 139 Å². The van der Waals surface area contributed by atoms with Crippen LogP contribution in [0.2, 0.25) is 0 Å². The lowest BCUT2D eigenvalue weighted by molar-refractivity contribution is -0.116. The molecule has 0 radical (unpaired) electrons. The highest BCUT2D eigenvalue weighted by Crippen LogP contribution is 2.39. The Morgan fingerprint density at radius 3 is 2.59 bits per heavy atom. The second-order valence-corrected chi connectivity index (χ2v) is 6.15. The van der Waals surface area contributed by atoms with E-state index in [1.165, 1.54) is 11.3 Å². The van der Waals surface area contributed by atoms with Gasteiger partial charge in [0.2, 0.25) is 12.7 Å². The van der Waals surface area contributed by atoms with Gasteiger partial charge >= 0.3 is 0 Å². The van der Waals surface area contributed by atoms with Crippen LogP contribution >= 0.6 is 23.7 Å². The van der Waals surface area contributed by atoms with Crippen molar-refractivity contribution < 1.29 is 14.3 Å². The zero-order valence-corrected chi connectivity index (χ0v) is 14.3. The van der Waals surface area contributed by atoms with Crippen LogP contribution in [0.25, 0.3) is 10.2 Å². The van der Waals surface area contributed by atoms with Gasteiger partial charge in [-0.25, -0.2) is 4.98 Å². The molecule has 0 spiro atoms. The minimum atomic E-state index is -0.00375. The molecule has 1 aromatic heterocycles. The molecule has 2 aromatic rings. The van der Waals surface area contributed by atoms with Crippen molar-refractivity contribution in [3.63, 3.8) is 0 Å². The van der Waals surface area contributed by atoms with Gasteiger partial charge in [0.15, 0.2) is 16.6 Å². The predicted octanol–water partition coefficient (Wildman–Crippen LogP) is 2.36. The lowest BCUT2D eigenvalue weighted by Crippen LogP contribution is -2.35. The topological polar surface area (TPSA) is 54.9 Å². The molecular weight excluding hydrogens is 326 g/mol. The van der Waals surface area contributed by atoms with E-state index in [1.807, 2.05) is 31.1 Å². The van der Waals surface area contributed by atoms with Crippen LogP contribution in [0, 0.1) is 0 Å². The van der Waals surface area contributed by atoms with Gasteiger partial charge in [0.05, 0.1) is 10.2 Å². The van der Waals surface area contributed by atoms with Gasteiger partial charge in [0.1, 0.15) is 0 Å². The number of ether oxygens (including phenoxy) is 2. The summed E-state index contributed by atoms with van der Waals surface area (Å²) in [5, 5.41) is 0.711. The average Bonchev–Trinajstić information content (AvgIpc) is 3.00. The van der Waals surface area contributed by atoms with E-state index in [0.29, 0.717) is 17.4 Å². The van der Waals surface area contributed by atoms with Gasteiger partial charge in [-0.05, 0) is 14.1 Å². The Bertz CT molecular complexity index is 648. The first-order valence-corrected chi connectivity index (χ1v) is 7.49. The number of anilines is 1. The zero-order chi connectivity index (χ0) is 15.0. The summed E-state index contributed by atoms with van der Waals surface area (Å²) in [4.78, 5) is 20.2. The number of hydrogen-bond acceptors (Lipinski definition) is 6. The maximum absolute atomic E-state index is 11.9. The summed E-state index contributed by atoms with van der Waals surface area (Å²) in [5.74, 6) is 1.44. The second kappa shape index (κ2) is 6.68. The van der Waals surface area contributed by atoms with Crippen LogP contribution in [-0.2, 0) is 4.79 Å². The highest BCUT2D eigenvalue weighted by atomic mass is 35.5. The smallest absolute Gasteiger partial charge is 0.231 e. The molecule has 0 aliphatic carbocycles. The maximum atomic E-state index is 11.9. The van der Waals surface area contributed by atoms with Gasteiger partial charge in [-0.1, -0.05) is 11.3 Å². The number of amides is 1. The van der Waals surface area contributed by atoms with Gasteiger partial charge < -0.3 is 14.4 Å². The summed E-state index contributed by atoms with van der Waals surface area (Å²) < 4.78 is 11.7. The van der Waals surface area contributed by atoms with E-state index in [2.05, 4.69) is 4.98 Å². The molecule has 1 aliphatic heterocycles. The molecule has 0 bridgehead atoms. The van der Waals surface area contributed by atoms with E-state index < -0.39 is 0 Å². The van der Waals surface area contributed by atoms with Crippen molar-refractivity contribution >= 4 is 45.0 Å². The van der Waals surface area contributed by atoms with Crippen molar-refractivity contribution in [1.82, 2.24) is 9.88 Å². The van der Waals surface area contributed by atoms with Crippen LogP contribution in [0.15, 0.2) is 12.1 Å². The fourth-order valence-corrected chi connectivity index (χ4v) is 3.15. The van der Waals surface area contributed by atoms with Crippen LogP contribution in [0.4, 0.5) is 5.13 Å². The number of carbonyl (C=O) groups is 1. The molecule has 0 atom stereocenters. The third-order valence-electron chi connectivity index (χ3n) is 3.25. The number of rotatable bonds is 4. The standard InChI is InChI=1S/C14H17N3O3S.ClH/c1-9(18)17(5-4-16(2)3)14-15-10-6-11-12(20-8-19-11)7-13(10)21-14;/h6-7H,4-5,8H2,1-3H3;1H. The first-order valence-electron chi connectivity index (χ1n) is 6.67. The Morgan fingerprint density at radius 2 is 1.95 bits per heavy atom. The number of hydrogen-bond donors (Lipinski definition) is 0. The van der Waals surface area contributed by atoms with Crippen LogP contribution in [0.1, 0.15) is 6.92 Å². The van der Waals surface area contributed by atoms with Gasteiger partial charge in [-0.3, -0.25) is 9.69 Å². The first-order chi connectivity index (χ1) is 10.0. The molecule has 1 aliphatic rings. The normalized spacial score (nSPS) is 12.5. The van der Waals surface area contributed by atoms with E-state index in [4.69, 9.17) is 9.47 Å². The monoisotopic (exact) mass is 343 g/mol. The molecule has 0 N–H and O–H groups in total. The number of aromatic nitrogens is 1. The maximum Gasteiger partial charge on any atom is 0.231 e.